The van der Waals surface area contributed by atoms with Gasteiger partial charge in [0.15, 0.2) is 0 Å². The lowest BCUT2D eigenvalue weighted by molar-refractivity contribution is 0.244. The molecule has 0 aromatic carbocycles. The molecule has 0 saturated heterocycles. The van der Waals surface area contributed by atoms with E-state index in [2.05, 4.69) is 0 Å². The molecule has 0 heterocycles. The van der Waals surface area contributed by atoms with Gasteiger partial charge in [0.25, 0.3) is 0 Å². The van der Waals surface area contributed by atoms with E-state index in [4.69, 9.17) is 10.2 Å². The summed E-state index contributed by atoms with van der Waals surface area (Å²) in [5, 5.41) is 0. The molecule has 0 aliphatic carbocycles. The Balaban J connectivity index is 2.83. The van der Waals surface area contributed by atoms with Crippen molar-refractivity contribution < 1.29 is 4.43 Å². The van der Waals surface area contributed by atoms with Crippen LogP contribution in [0, 0.1) is 0 Å². The second kappa shape index (κ2) is 4.30. The molecule has 0 bridgehead atoms. The van der Waals surface area contributed by atoms with Crippen molar-refractivity contribution in [2.45, 2.75) is 19.6 Å². The molecular formula is C4H11NOSi. The van der Waals surface area contributed by atoms with E-state index in [0.29, 0.717) is 16.3 Å². The van der Waals surface area contributed by atoms with Gasteiger partial charge in [-0.05, 0) is 13.5 Å². The highest BCUT2D eigenvalue weighted by Gasteiger charge is 1.92. The van der Waals surface area contributed by atoms with Gasteiger partial charge in [-0.15, -0.1) is 0 Å². The van der Waals surface area contributed by atoms with Crippen molar-refractivity contribution in [2.75, 3.05) is 6.54 Å². The smallest absolute Gasteiger partial charge is 0.226 e. The van der Waals surface area contributed by atoms with E-state index in [1.54, 1.807) is 0 Å². The van der Waals surface area contributed by atoms with Gasteiger partial charge in [0.2, 0.25) is 9.76 Å². The molecule has 1 unspecified atom stereocenters. The summed E-state index contributed by atoms with van der Waals surface area (Å²) in [5.74, 6) is 0. The first-order valence-electron chi connectivity index (χ1n) is 2.33. The monoisotopic (exact) mass is 117 g/mol. The first-order chi connectivity index (χ1) is 3.31. The Labute approximate surface area is 47.0 Å². The van der Waals surface area contributed by atoms with Gasteiger partial charge in [-0.1, -0.05) is 0 Å². The van der Waals surface area contributed by atoms with Gasteiger partial charge in [-0.2, -0.15) is 0 Å². The molecule has 0 saturated carbocycles. The summed E-state index contributed by atoms with van der Waals surface area (Å²) in [7, 11) is 0.565. The van der Waals surface area contributed by atoms with Gasteiger partial charge in [-0.25, -0.2) is 0 Å². The van der Waals surface area contributed by atoms with Gasteiger partial charge in [0, 0.05) is 6.54 Å². The maximum absolute atomic E-state index is 5.24. The van der Waals surface area contributed by atoms with E-state index in [1.807, 2.05) is 13.5 Å². The Morgan fingerprint density at radius 3 is 2.57 bits per heavy atom. The number of rotatable bonds is 3. The van der Waals surface area contributed by atoms with Crippen molar-refractivity contribution in [2.24, 2.45) is 5.73 Å². The number of hydrogen-bond donors (Lipinski definition) is 1. The van der Waals surface area contributed by atoms with Crippen molar-refractivity contribution in [1.29, 1.82) is 0 Å². The Kier molecular flexibility index (Phi) is 4.38. The lowest BCUT2D eigenvalue weighted by Crippen LogP contribution is -2.20. The molecule has 0 fully saturated rings. The largest absolute Gasteiger partial charge is 0.414 e. The highest BCUT2D eigenvalue weighted by Crippen LogP contribution is 1.81. The van der Waals surface area contributed by atoms with Crippen LogP contribution in [0.5, 0.6) is 0 Å². The molecule has 0 aromatic heterocycles. The van der Waals surface area contributed by atoms with E-state index in [1.165, 1.54) is 0 Å². The topological polar surface area (TPSA) is 35.2 Å². The van der Waals surface area contributed by atoms with Crippen molar-refractivity contribution >= 4 is 9.76 Å². The van der Waals surface area contributed by atoms with Crippen molar-refractivity contribution in [3.8, 4) is 0 Å². The zero-order valence-corrected chi connectivity index (χ0v) is 5.77. The molecule has 0 rings (SSSR count). The van der Waals surface area contributed by atoms with Crippen molar-refractivity contribution in [3.63, 3.8) is 0 Å². The zero-order chi connectivity index (χ0) is 5.70. The maximum Gasteiger partial charge on any atom is 0.226 e. The summed E-state index contributed by atoms with van der Waals surface area (Å²) in [4.78, 5) is 0. The molecular weight excluding hydrogens is 106 g/mol. The second-order valence-electron chi connectivity index (χ2n) is 1.37. The minimum absolute atomic E-state index is 0.239. The van der Waals surface area contributed by atoms with Crippen LogP contribution in [0.1, 0.15) is 6.92 Å². The fourth-order valence-electron chi connectivity index (χ4n) is 0.249. The van der Waals surface area contributed by atoms with E-state index < -0.39 is 0 Å². The molecule has 2 nitrogen and oxygen atoms in total. The van der Waals surface area contributed by atoms with Crippen LogP contribution in [0.15, 0.2) is 0 Å². The summed E-state index contributed by atoms with van der Waals surface area (Å²) in [6, 6.07) is 0. The Bertz CT molecular complexity index is 42.7. The molecule has 0 amide bonds. The molecule has 42 valence electrons. The fourth-order valence-corrected chi connectivity index (χ4v) is 0.748. The Morgan fingerprint density at radius 1 is 1.86 bits per heavy atom. The van der Waals surface area contributed by atoms with Crippen LogP contribution in [-0.4, -0.2) is 22.4 Å². The second-order valence-corrected chi connectivity index (χ2v) is 2.01. The Morgan fingerprint density at radius 2 is 2.43 bits per heavy atom. The third-order valence-corrected chi connectivity index (χ3v) is 1.29. The predicted molar refractivity (Wildman–Crippen MR) is 31.2 cm³/mol. The fraction of sp³-hybridized carbons (Fsp3) is 1.00. The van der Waals surface area contributed by atoms with Crippen LogP contribution >= 0.6 is 0 Å². The van der Waals surface area contributed by atoms with E-state index in [9.17, 15) is 0 Å². The first kappa shape index (κ1) is 7.14. The predicted octanol–water partition coefficient (Wildman–Crippen LogP) is 0.0175. The standard InChI is InChI=1S/C4H11NOSi/c1-4(3-5)6-7-2/h4H,3,5H2,1-2H3. The molecule has 0 aliphatic heterocycles. The third kappa shape index (κ3) is 3.98. The highest BCUT2D eigenvalue weighted by molar-refractivity contribution is 6.24. The molecule has 1 atom stereocenters. The van der Waals surface area contributed by atoms with E-state index >= 15 is 0 Å². The molecule has 7 heavy (non-hydrogen) atoms. The van der Waals surface area contributed by atoms with Gasteiger partial charge in [0.05, 0.1) is 6.10 Å². The lowest BCUT2D eigenvalue weighted by Gasteiger charge is -2.05. The van der Waals surface area contributed by atoms with Gasteiger partial charge in [0.1, 0.15) is 0 Å². The highest BCUT2D eigenvalue weighted by atomic mass is 28.2. The van der Waals surface area contributed by atoms with Crippen molar-refractivity contribution in [3.05, 3.63) is 0 Å². The van der Waals surface area contributed by atoms with Crippen LogP contribution < -0.4 is 5.73 Å². The number of hydrogen-bond acceptors (Lipinski definition) is 2. The molecule has 0 aliphatic rings. The zero-order valence-electron chi connectivity index (χ0n) is 4.77. The minimum atomic E-state index is 0.239. The molecule has 3 heteroatoms. The van der Waals surface area contributed by atoms with Crippen LogP contribution in [0.2, 0.25) is 6.55 Å². The summed E-state index contributed by atoms with van der Waals surface area (Å²) >= 11 is 0. The minimum Gasteiger partial charge on any atom is -0.414 e. The molecule has 2 radical (unpaired) electrons. The lowest BCUT2D eigenvalue weighted by atomic mass is 10.4. The summed E-state index contributed by atoms with van der Waals surface area (Å²) in [6.45, 7) is 4.59. The summed E-state index contributed by atoms with van der Waals surface area (Å²) in [5.41, 5.74) is 5.24. The molecule has 0 spiro atoms. The first-order valence-corrected chi connectivity index (χ1v) is 3.74. The van der Waals surface area contributed by atoms with Gasteiger partial charge in [-0.3, -0.25) is 0 Å². The van der Waals surface area contributed by atoms with Crippen molar-refractivity contribution in [1.82, 2.24) is 0 Å². The van der Waals surface area contributed by atoms with Gasteiger partial charge >= 0.3 is 0 Å². The number of nitrogens with two attached hydrogens (primary N) is 1. The third-order valence-electron chi connectivity index (χ3n) is 0.651. The van der Waals surface area contributed by atoms with E-state index in [0.717, 1.165) is 0 Å². The van der Waals surface area contributed by atoms with Gasteiger partial charge < -0.3 is 10.2 Å². The van der Waals surface area contributed by atoms with Crippen LogP contribution in [-0.2, 0) is 4.43 Å². The molecule has 0 aromatic rings. The normalized spacial score (nSPS) is 14.1. The average Bonchev–Trinajstić information content (AvgIpc) is 1.68. The summed E-state index contributed by atoms with van der Waals surface area (Å²) in [6.07, 6.45) is 0.239. The maximum atomic E-state index is 5.24. The van der Waals surface area contributed by atoms with Crippen LogP contribution in [0.25, 0.3) is 0 Å². The average molecular weight is 117 g/mol. The Hall–Kier alpha value is 0.137. The van der Waals surface area contributed by atoms with Crippen LogP contribution in [0.4, 0.5) is 0 Å². The van der Waals surface area contributed by atoms with E-state index in [-0.39, 0.29) is 6.10 Å². The quantitative estimate of drug-likeness (QED) is 0.529. The molecule has 2 N–H and O–H groups in total. The SMILES string of the molecule is C[Si]OC(C)CN. The van der Waals surface area contributed by atoms with Crippen LogP contribution in [0.3, 0.4) is 0 Å². The summed E-state index contributed by atoms with van der Waals surface area (Å²) < 4.78 is 5.09.